The number of hydrogen-bond acceptors (Lipinski definition) is 5. The Morgan fingerprint density at radius 2 is 1.60 bits per heavy atom. The van der Waals surface area contributed by atoms with E-state index in [1.807, 2.05) is 0 Å². The second-order valence-electron chi connectivity index (χ2n) is 12.0. The number of esters is 1. The van der Waals surface area contributed by atoms with Gasteiger partial charge in [-0.15, -0.1) is 0 Å². The van der Waals surface area contributed by atoms with Crippen LogP contribution in [0.3, 0.4) is 0 Å². The van der Waals surface area contributed by atoms with E-state index in [1.54, 1.807) is 6.26 Å². The predicted molar refractivity (Wildman–Crippen MR) is 126 cm³/mol. The molecule has 0 radical (unpaired) electrons. The lowest BCUT2D eigenvalue weighted by Crippen LogP contribution is -2.50. The number of fused-ring (bicyclic) bond motifs is 1. The van der Waals surface area contributed by atoms with Gasteiger partial charge in [-0.3, -0.25) is 0 Å². The highest BCUT2D eigenvalue weighted by Crippen LogP contribution is 2.50. The zero-order chi connectivity index (χ0) is 23.1. The van der Waals surface area contributed by atoms with Crippen LogP contribution in [-0.2, 0) is 23.1 Å². The summed E-state index contributed by atoms with van der Waals surface area (Å²) in [6, 6.07) is 0. The third-order valence-corrected chi connectivity index (χ3v) is 16.9. The van der Waals surface area contributed by atoms with Crippen LogP contribution in [0, 0.1) is 17.8 Å². The molecule has 1 aliphatic carbocycles. The summed E-state index contributed by atoms with van der Waals surface area (Å²) in [5.41, 5.74) is 0.646. The average Bonchev–Trinajstić information content (AvgIpc) is 3.02. The minimum atomic E-state index is -2.03. The lowest BCUT2D eigenvalue weighted by atomic mass is 9.83. The minimum absolute atomic E-state index is 0.0872. The number of rotatable bonds is 6. The number of ether oxygens (including phenoxy) is 2. The van der Waals surface area contributed by atoms with Crippen molar-refractivity contribution < 1.29 is 23.1 Å². The summed E-state index contributed by atoms with van der Waals surface area (Å²) in [6.07, 6.45) is 3.22. The van der Waals surface area contributed by atoms with Crippen molar-refractivity contribution in [2.45, 2.75) is 96.9 Å². The molecule has 0 aromatic carbocycles. The monoisotopic (exact) mass is 456 g/mol. The fraction of sp³-hybridized carbons (Fsp3) is 0.870. The van der Waals surface area contributed by atoms with Gasteiger partial charge in [0.15, 0.2) is 22.9 Å². The number of hydrogen-bond donors (Lipinski definition) is 0. The maximum atomic E-state index is 12.4. The Kier molecular flexibility index (Phi) is 7.44. The summed E-state index contributed by atoms with van der Waals surface area (Å²) < 4.78 is 24.5. The standard InChI is InChI=1S/C23H44O5Si2/c1-22(2,3)29(8,9)27-14-16-12-13-17-18(20(24)25-7)15-26-21(19(16)17)28-30(10,11)23(4,5)6/h15-17,19,21H,12-14H2,1-11H3/t16-,17+,19+,21-/m0/s1. The van der Waals surface area contributed by atoms with Gasteiger partial charge in [0, 0.05) is 18.4 Å². The van der Waals surface area contributed by atoms with E-state index >= 15 is 0 Å². The van der Waals surface area contributed by atoms with Crippen LogP contribution >= 0.6 is 0 Å². The molecule has 0 spiro atoms. The van der Waals surface area contributed by atoms with Crippen molar-refractivity contribution in [1.82, 2.24) is 0 Å². The normalized spacial score (nSPS) is 27.9. The lowest BCUT2D eigenvalue weighted by molar-refractivity contribution is -0.143. The van der Waals surface area contributed by atoms with Gasteiger partial charge < -0.3 is 18.3 Å². The predicted octanol–water partition coefficient (Wildman–Crippen LogP) is 6.09. The van der Waals surface area contributed by atoms with Crippen LogP contribution in [0.5, 0.6) is 0 Å². The second-order valence-corrected chi connectivity index (χ2v) is 21.6. The molecule has 0 saturated heterocycles. The molecule has 0 bridgehead atoms. The SMILES string of the molecule is COC(=O)C1=CO[C@@H](O[Si](C)(C)C(C)(C)C)[C@@H]2[C@H](CO[Si](C)(C)C(C)(C)C)CC[C@H]12. The maximum absolute atomic E-state index is 12.4. The molecule has 1 saturated carbocycles. The van der Waals surface area contributed by atoms with Crippen LogP contribution in [0.4, 0.5) is 0 Å². The highest BCUT2D eigenvalue weighted by atomic mass is 28.4. The van der Waals surface area contributed by atoms with E-state index in [0.29, 0.717) is 18.1 Å². The summed E-state index contributed by atoms with van der Waals surface area (Å²) >= 11 is 0. The molecule has 0 unspecified atom stereocenters. The average molecular weight is 457 g/mol. The van der Waals surface area contributed by atoms with Crippen LogP contribution in [0.15, 0.2) is 11.8 Å². The first kappa shape index (κ1) is 25.6. The molecule has 7 heteroatoms. The Bertz CT molecular complexity index is 657. The van der Waals surface area contributed by atoms with Crippen molar-refractivity contribution in [3.8, 4) is 0 Å². The van der Waals surface area contributed by atoms with Crippen LogP contribution < -0.4 is 0 Å². The van der Waals surface area contributed by atoms with E-state index in [1.165, 1.54) is 7.11 Å². The molecular weight excluding hydrogens is 412 g/mol. The molecule has 0 N–H and O–H groups in total. The number of carbonyl (C=O) groups is 1. The summed E-state index contributed by atoms with van der Waals surface area (Å²) in [4.78, 5) is 12.4. The summed E-state index contributed by atoms with van der Waals surface area (Å²) in [7, 11) is -2.45. The molecule has 2 aliphatic rings. The van der Waals surface area contributed by atoms with Gasteiger partial charge in [0.2, 0.25) is 0 Å². The first-order valence-corrected chi connectivity index (χ1v) is 17.1. The molecule has 4 atom stereocenters. The molecule has 174 valence electrons. The third kappa shape index (κ3) is 5.22. The first-order valence-electron chi connectivity index (χ1n) is 11.3. The summed E-state index contributed by atoms with van der Waals surface area (Å²) in [5, 5.41) is 0.256. The first-order chi connectivity index (χ1) is 13.5. The van der Waals surface area contributed by atoms with Gasteiger partial charge in [0.1, 0.15) is 0 Å². The van der Waals surface area contributed by atoms with Crippen LogP contribution in [0.25, 0.3) is 0 Å². The Labute approximate surface area is 186 Å². The molecule has 2 rings (SSSR count). The van der Waals surface area contributed by atoms with Crippen molar-refractivity contribution in [2.75, 3.05) is 13.7 Å². The lowest BCUT2D eigenvalue weighted by Gasteiger charge is -2.44. The van der Waals surface area contributed by atoms with Gasteiger partial charge in [0.25, 0.3) is 0 Å². The maximum Gasteiger partial charge on any atom is 0.337 e. The third-order valence-electron chi connectivity index (χ3n) is 8.00. The van der Waals surface area contributed by atoms with E-state index in [2.05, 4.69) is 67.7 Å². The number of carbonyl (C=O) groups excluding carboxylic acids is 1. The largest absolute Gasteiger partial charge is 0.473 e. The number of methoxy groups -OCH3 is 1. The van der Waals surface area contributed by atoms with Gasteiger partial charge in [-0.25, -0.2) is 4.79 Å². The van der Waals surface area contributed by atoms with Gasteiger partial charge in [-0.05, 0) is 55.0 Å². The molecule has 5 nitrogen and oxygen atoms in total. The van der Waals surface area contributed by atoms with Crippen molar-refractivity contribution in [3.63, 3.8) is 0 Å². The highest BCUT2D eigenvalue weighted by Gasteiger charge is 2.52. The smallest absolute Gasteiger partial charge is 0.337 e. The summed E-state index contributed by atoms with van der Waals surface area (Å²) in [5.74, 6) is 0.242. The zero-order valence-corrected chi connectivity index (χ0v) is 23.0. The zero-order valence-electron chi connectivity index (χ0n) is 21.0. The fourth-order valence-electron chi connectivity index (χ4n) is 3.82. The van der Waals surface area contributed by atoms with E-state index in [-0.39, 0.29) is 34.2 Å². The molecule has 1 aliphatic heterocycles. The quantitative estimate of drug-likeness (QED) is 0.358. The molecule has 1 heterocycles. The minimum Gasteiger partial charge on any atom is -0.473 e. The highest BCUT2D eigenvalue weighted by molar-refractivity contribution is 6.74. The van der Waals surface area contributed by atoms with E-state index < -0.39 is 16.6 Å². The second kappa shape index (κ2) is 8.72. The van der Waals surface area contributed by atoms with Gasteiger partial charge in [-0.1, -0.05) is 41.5 Å². The molecule has 0 amide bonds. The fourth-order valence-corrected chi connectivity index (χ4v) is 6.03. The van der Waals surface area contributed by atoms with E-state index in [9.17, 15) is 4.79 Å². The van der Waals surface area contributed by atoms with Crippen molar-refractivity contribution in [1.29, 1.82) is 0 Å². The van der Waals surface area contributed by atoms with Gasteiger partial charge in [-0.2, -0.15) is 0 Å². The Morgan fingerprint density at radius 3 is 2.10 bits per heavy atom. The van der Waals surface area contributed by atoms with Crippen molar-refractivity contribution in [3.05, 3.63) is 11.8 Å². The van der Waals surface area contributed by atoms with Crippen LogP contribution in [-0.4, -0.2) is 42.6 Å². The van der Waals surface area contributed by atoms with Gasteiger partial charge >= 0.3 is 5.97 Å². The summed E-state index contributed by atoms with van der Waals surface area (Å²) in [6.45, 7) is 23.3. The Morgan fingerprint density at radius 1 is 1.03 bits per heavy atom. The van der Waals surface area contributed by atoms with E-state index in [0.717, 1.165) is 12.8 Å². The van der Waals surface area contributed by atoms with E-state index in [4.69, 9.17) is 18.3 Å². The molecule has 0 aromatic heterocycles. The van der Waals surface area contributed by atoms with Crippen molar-refractivity contribution in [2.24, 2.45) is 17.8 Å². The van der Waals surface area contributed by atoms with Crippen LogP contribution in [0.2, 0.25) is 36.3 Å². The molecular formula is C23H44O5Si2. The molecule has 30 heavy (non-hydrogen) atoms. The Hall–Kier alpha value is -0.636. The van der Waals surface area contributed by atoms with Gasteiger partial charge in [0.05, 0.1) is 18.9 Å². The molecule has 1 fully saturated rings. The Balaban J connectivity index is 2.28. The van der Waals surface area contributed by atoms with Crippen LogP contribution in [0.1, 0.15) is 54.4 Å². The topological polar surface area (TPSA) is 54.0 Å². The molecule has 0 aromatic rings. The van der Waals surface area contributed by atoms with Crippen molar-refractivity contribution >= 4 is 22.6 Å².